The molecule has 3 heterocycles. The molecule has 0 radical (unpaired) electrons. The van der Waals surface area contributed by atoms with Crippen molar-refractivity contribution in [3.05, 3.63) is 75.6 Å². The van der Waals surface area contributed by atoms with E-state index in [9.17, 15) is 4.79 Å². The van der Waals surface area contributed by atoms with Crippen molar-refractivity contribution in [1.82, 2.24) is 19.9 Å². The number of methoxy groups -OCH3 is 1. The van der Waals surface area contributed by atoms with E-state index in [-0.39, 0.29) is 11.5 Å². The second-order valence-corrected chi connectivity index (χ2v) is 7.66. The van der Waals surface area contributed by atoms with E-state index in [0.29, 0.717) is 5.69 Å². The van der Waals surface area contributed by atoms with Crippen LogP contribution in [0.1, 0.15) is 34.9 Å². The topological polar surface area (TPSA) is 71.1 Å². The summed E-state index contributed by atoms with van der Waals surface area (Å²) in [6, 6.07) is 9.51. The number of nitrogens with zero attached hydrogens (tertiary/aromatic N) is 3. The number of aromatic nitrogens is 3. The van der Waals surface area contributed by atoms with Gasteiger partial charge in [-0.25, -0.2) is 4.98 Å². The molecular weight excluding hydrogens is 364 g/mol. The van der Waals surface area contributed by atoms with Crippen molar-refractivity contribution in [2.75, 3.05) is 20.2 Å². The average molecular weight is 390 g/mol. The van der Waals surface area contributed by atoms with Crippen LogP contribution in [-0.4, -0.2) is 40.1 Å². The van der Waals surface area contributed by atoms with Gasteiger partial charge < -0.3 is 9.72 Å². The molecule has 1 aromatic carbocycles. The van der Waals surface area contributed by atoms with E-state index in [1.807, 2.05) is 18.2 Å². The van der Waals surface area contributed by atoms with E-state index in [4.69, 9.17) is 9.72 Å². The van der Waals surface area contributed by atoms with Crippen LogP contribution in [0.2, 0.25) is 0 Å². The standard InChI is InChI=1S/C23H26N4O2/c1-15-16(2)21(29-3)7-6-18(15)13-27-10-8-19(14-27)23-25-20(11-22(28)26-23)17-5-4-9-24-12-17/h4-7,9,11-12,19H,8,10,13-14H2,1-3H3,(H,25,26,28). The van der Waals surface area contributed by atoms with Crippen molar-refractivity contribution >= 4 is 0 Å². The Bertz CT molecular complexity index is 1060. The lowest BCUT2D eigenvalue weighted by Crippen LogP contribution is -2.22. The molecule has 0 saturated carbocycles. The minimum Gasteiger partial charge on any atom is -0.496 e. The van der Waals surface area contributed by atoms with Crippen molar-refractivity contribution in [2.24, 2.45) is 0 Å². The Morgan fingerprint density at radius 2 is 2.10 bits per heavy atom. The molecule has 4 rings (SSSR count). The Morgan fingerprint density at radius 3 is 2.86 bits per heavy atom. The van der Waals surface area contributed by atoms with Gasteiger partial charge in [0.15, 0.2) is 0 Å². The molecule has 0 amide bonds. The minimum absolute atomic E-state index is 0.117. The number of nitrogens with one attached hydrogen (secondary N) is 1. The van der Waals surface area contributed by atoms with E-state index in [1.54, 1.807) is 19.5 Å². The maximum Gasteiger partial charge on any atom is 0.251 e. The highest BCUT2D eigenvalue weighted by molar-refractivity contribution is 5.57. The van der Waals surface area contributed by atoms with Crippen molar-refractivity contribution in [1.29, 1.82) is 0 Å². The zero-order valence-electron chi connectivity index (χ0n) is 17.1. The van der Waals surface area contributed by atoms with Crippen molar-refractivity contribution in [3.63, 3.8) is 0 Å². The van der Waals surface area contributed by atoms with Gasteiger partial charge in [0.1, 0.15) is 11.6 Å². The summed E-state index contributed by atoms with van der Waals surface area (Å²) in [6.07, 6.45) is 4.43. The third-order valence-electron chi connectivity index (χ3n) is 5.84. The largest absolute Gasteiger partial charge is 0.496 e. The van der Waals surface area contributed by atoms with Crippen LogP contribution in [0.3, 0.4) is 0 Å². The summed E-state index contributed by atoms with van der Waals surface area (Å²) in [7, 11) is 1.71. The molecular formula is C23H26N4O2. The molecule has 6 heteroatoms. The van der Waals surface area contributed by atoms with E-state index in [1.165, 1.54) is 22.8 Å². The summed E-state index contributed by atoms with van der Waals surface area (Å²) in [5.41, 5.74) is 5.20. The quantitative estimate of drug-likeness (QED) is 0.723. The van der Waals surface area contributed by atoms with Crippen LogP contribution >= 0.6 is 0 Å². The number of pyridine rings is 1. The van der Waals surface area contributed by atoms with E-state index in [2.05, 4.69) is 34.8 Å². The first-order valence-corrected chi connectivity index (χ1v) is 9.92. The SMILES string of the molecule is COc1ccc(CN2CCC(c3nc(-c4cccnc4)cc(=O)[nH]3)C2)c(C)c1C. The fourth-order valence-electron chi connectivity index (χ4n) is 4.02. The normalized spacial score (nSPS) is 16.9. The fourth-order valence-corrected chi connectivity index (χ4v) is 4.02. The molecule has 1 aliphatic rings. The lowest BCUT2D eigenvalue weighted by atomic mass is 10.0. The molecule has 1 atom stereocenters. The van der Waals surface area contributed by atoms with E-state index < -0.39 is 0 Å². The smallest absolute Gasteiger partial charge is 0.251 e. The van der Waals surface area contributed by atoms with Crippen molar-refractivity contribution in [3.8, 4) is 17.0 Å². The molecule has 0 aliphatic carbocycles. The second kappa shape index (κ2) is 8.17. The molecule has 1 fully saturated rings. The first-order chi connectivity index (χ1) is 14.0. The van der Waals surface area contributed by atoms with Crippen LogP contribution in [0.4, 0.5) is 0 Å². The number of H-pyrrole nitrogens is 1. The number of likely N-dealkylation sites (tertiary alicyclic amines) is 1. The summed E-state index contributed by atoms with van der Waals surface area (Å²) >= 11 is 0. The van der Waals surface area contributed by atoms with E-state index in [0.717, 1.165) is 43.2 Å². The van der Waals surface area contributed by atoms with Gasteiger partial charge in [0.25, 0.3) is 5.56 Å². The Balaban J connectivity index is 1.51. The second-order valence-electron chi connectivity index (χ2n) is 7.66. The predicted molar refractivity (Wildman–Crippen MR) is 113 cm³/mol. The number of rotatable bonds is 5. The molecule has 0 bridgehead atoms. The number of hydrogen-bond donors (Lipinski definition) is 1. The maximum atomic E-state index is 12.2. The minimum atomic E-state index is -0.117. The Hall–Kier alpha value is -2.99. The molecule has 6 nitrogen and oxygen atoms in total. The average Bonchev–Trinajstić information content (AvgIpc) is 3.20. The fraction of sp³-hybridized carbons (Fsp3) is 0.348. The summed E-state index contributed by atoms with van der Waals surface area (Å²) in [4.78, 5) is 26.5. The molecule has 150 valence electrons. The maximum absolute atomic E-state index is 12.2. The summed E-state index contributed by atoms with van der Waals surface area (Å²) in [5.74, 6) is 1.92. The van der Waals surface area contributed by atoms with E-state index >= 15 is 0 Å². The third kappa shape index (κ3) is 4.07. The van der Waals surface area contributed by atoms with Crippen LogP contribution in [0.5, 0.6) is 5.75 Å². The number of ether oxygens (including phenoxy) is 1. The van der Waals surface area contributed by atoms with Crippen molar-refractivity contribution in [2.45, 2.75) is 32.7 Å². The summed E-state index contributed by atoms with van der Waals surface area (Å²) in [6.45, 7) is 7.00. The Morgan fingerprint density at radius 1 is 1.24 bits per heavy atom. The summed E-state index contributed by atoms with van der Waals surface area (Å²) < 4.78 is 5.42. The first kappa shape index (κ1) is 19.3. The lowest BCUT2D eigenvalue weighted by molar-refractivity contribution is 0.324. The van der Waals surface area contributed by atoms with Gasteiger partial charge in [-0.3, -0.25) is 14.7 Å². The van der Waals surface area contributed by atoms with Gasteiger partial charge in [-0.2, -0.15) is 0 Å². The zero-order valence-corrected chi connectivity index (χ0v) is 17.1. The van der Waals surface area contributed by atoms with Gasteiger partial charge in [0, 0.05) is 43.0 Å². The molecule has 1 aliphatic heterocycles. The third-order valence-corrected chi connectivity index (χ3v) is 5.84. The lowest BCUT2D eigenvalue weighted by Gasteiger charge is -2.19. The van der Waals surface area contributed by atoms with Gasteiger partial charge in [0.05, 0.1) is 12.8 Å². The van der Waals surface area contributed by atoms with Crippen LogP contribution in [-0.2, 0) is 6.54 Å². The Labute approximate surface area is 170 Å². The molecule has 29 heavy (non-hydrogen) atoms. The van der Waals surface area contributed by atoms with Gasteiger partial charge in [0.2, 0.25) is 0 Å². The molecule has 2 aromatic heterocycles. The molecule has 1 unspecified atom stereocenters. The monoisotopic (exact) mass is 390 g/mol. The summed E-state index contributed by atoms with van der Waals surface area (Å²) in [5, 5.41) is 0. The van der Waals surface area contributed by atoms with Gasteiger partial charge >= 0.3 is 0 Å². The van der Waals surface area contributed by atoms with Crippen LogP contribution in [0, 0.1) is 13.8 Å². The highest BCUT2D eigenvalue weighted by Crippen LogP contribution is 2.29. The van der Waals surface area contributed by atoms with Crippen LogP contribution < -0.4 is 10.3 Å². The predicted octanol–water partition coefficient (Wildman–Crippen LogP) is 3.45. The highest BCUT2D eigenvalue weighted by atomic mass is 16.5. The number of benzene rings is 1. The highest BCUT2D eigenvalue weighted by Gasteiger charge is 2.26. The first-order valence-electron chi connectivity index (χ1n) is 9.92. The molecule has 0 spiro atoms. The number of aromatic amines is 1. The Kier molecular flexibility index (Phi) is 5.45. The van der Waals surface area contributed by atoms with Gasteiger partial charge in [-0.1, -0.05) is 6.07 Å². The number of hydrogen-bond acceptors (Lipinski definition) is 5. The molecule has 3 aromatic rings. The van der Waals surface area contributed by atoms with Crippen LogP contribution in [0.25, 0.3) is 11.3 Å². The van der Waals surface area contributed by atoms with Crippen LogP contribution in [0.15, 0.2) is 47.5 Å². The zero-order chi connectivity index (χ0) is 20.4. The van der Waals surface area contributed by atoms with Gasteiger partial charge in [-0.05, 0) is 61.7 Å². The van der Waals surface area contributed by atoms with Gasteiger partial charge in [-0.15, -0.1) is 0 Å². The molecule has 1 saturated heterocycles. The molecule has 1 N–H and O–H groups in total. The van der Waals surface area contributed by atoms with Crippen molar-refractivity contribution < 1.29 is 4.74 Å².